The summed E-state index contributed by atoms with van der Waals surface area (Å²) in [6.07, 6.45) is 5.24. The van der Waals surface area contributed by atoms with Gasteiger partial charge in [0.15, 0.2) is 0 Å². The van der Waals surface area contributed by atoms with Crippen LogP contribution in [0.2, 0.25) is 0 Å². The summed E-state index contributed by atoms with van der Waals surface area (Å²) >= 11 is 0. The predicted octanol–water partition coefficient (Wildman–Crippen LogP) is 1.07. The summed E-state index contributed by atoms with van der Waals surface area (Å²) in [7, 11) is 1.95. The largest absolute Gasteiger partial charge is 0.377 e. The maximum atomic E-state index is 5.48. The molecule has 1 aromatic heterocycles. The van der Waals surface area contributed by atoms with Gasteiger partial charge in [0.1, 0.15) is 0 Å². The Balaban J connectivity index is 2.26. The van der Waals surface area contributed by atoms with Gasteiger partial charge in [-0.2, -0.15) is 0 Å². The van der Waals surface area contributed by atoms with Gasteiger partial charge in [0, 0.05) is 25.7 Å². The van der Waals surface area contributed by atoms with Crippen molar-refractivity contribution in [2.45, 2.75) is 32.9 Å². The number of likely N-dealkylation sites (N-methyl/N-ethyl adjacent to an activating group) is 1. The Morgan fingerprint density at radius 2 is 2.33 bits per heavy atom. The molecular formula is C11H21N3O. The highest BCUT2D eigenvalue weighted by atomic mass is 16.5. The molecule has 0 aliphatic carbocycles. The molecule has 0 spiro atoms. The van der Waals surface area contributed by atoms with Crippen molar-refractivity contribution in [3.63, 3.8) is 0 Å². The zero-order valence-electron chi connectivity index (χ0n) is 9.86. The van der Waals surface area contributed by atoms with Crippen LogP contribution in [0.15, 0.2) is 12.5 Å². The number of hydrogen-bond donors (Lipinski definition) is 1. The summed E-state index contributed by atoms with van der Waals surface area (Å²) in [6, 6.07) is 0. The molecule has 0 saturated carbocycles. The molecule has 0 atom stereocenters. The minimum atomic E-state index is 0.303. The first kappa shape index (κ1) is 12.2. The fourth-order valence-electron chi connectivity index (χ4n) is 1.30. The van der Waals surface area contributed by atoms with Crippen molar-refractivity contribution < 1.29 is 4.74 Å². The summed E-state index contributed by atoms with van der Waals surface area (Å²) < 4.78 is 7.55. The van der Waals surface area contributed by atoms with Crippen LogP contribution in [-0.4, -0.2) is 35.9 Å². The molecule has 0 fully saturated rings. The van der Waals surface area contributed by atoms with Crippen molar-refractivity contribution >= 4 is 0 Å². The van der Waals surface area contributed by atoms with Gasteiger partial charge < -0.3 is 14.6 Å². The Morgan fingerprint density at radius 1 is 1.53 bits per heavy atom. The Morgan fingerprint density at radius 3 is 3.00 bits per heavy atom. The van der Waals surface area contributed by atoms with Crippen molar-refractivity contribution in [1.82, 2.24) is 14.9 Å². The molecule has 86 valence electrons. The van der Waals surface area contributed by atoms with E-state index < -0.39 is 0 Å². The molecule has 0 unspecified atom stereocenters. The number of nitrogens with one attached hydrogen (secondary N) is 1. The second-order valence-corrected chi connectivity index (χ2v) is 3.88. The fourth-order valence-corrected chi connectivity index (χ4v) is 1.30. The molecule has 0 aromatic carbocycles. The SMILES string of the molecule is CNCCc1cn(CCOC(C)C)cn1. The van der Waals surface area contributed by atoms with Crippen LogP contribution < -0.4 is 5.32 Å². The maximum Gasteiger partial charge on any atom is 0.0950 e. The van der Waals surface area contributed by atoms with Gasteiger partial charge in [-0.25, -0.2) is 4.98 Å². The summed E-state index contributed by atoms with van der Waals surface area (Å²) in [5.74, 6) is 0. The second-order valence-electron chi connectivity index (χ2n) is 3.88. The summed E-state index contributed by atoms with van der Waals surface area (Å²) in [5.41, 5.74) is 1.13. The third kappa shape index (κ3) is 4.95. The van der Waals surface area contributed by atoms with Gasteiger partial charge in [0.2, 0.25) is 0 Å². The first-order chi connectivity index (χ1) is 7.22. The van der Waals surface area contributed by atoms with Gasteiger partial charge in [-0.1, -0.05) is 0 Å². The van der Waals surface area contributed by atoms with Crippen LogP contribution in [0.5, 0.6) is 0 Å². The molecule has 0 bridgehead atoms. The van der Waals surface area contributed by atoms with Gasteiger partial charge in [-0.3, -0.25) is 0 Å². The molecule has 0 amide bonds. The van der Waals surface area contributed by atoms with E-state index in [4.69, 9.17) is 4.74 Å². The van der Waals surface area contributed by atoms with Crippen LogP contribution in [0.3, 0.4) is 0 Å². The highest BCUT2D eigenvalue weighted by Gasteiger charge is 1.98. The normalized spacial score (nSPS) is 11.2. The van der Waals surface area contributed by atoms with Gasteiger partial charge in [0.25, 0.3) is 0 Å². The minimum absolute atomic E-state index is 0.303. The second kappa shape index (κ2) is 6.58. The third-order valence-corrected chi connectivity index (χ3v) is 2.12. The fraction of sp³-hybridized carbons (Fsp3) is 0.727. The average Bonchev–Trinajstić information content (AvgIpc) is 2.62. The lowest BCUT2D eigenvalue weighted by Gasteiger charge is -2.07. The predicted molar refractivity (Wildman–Crippen MR) is 60.9 cm³/mol. The molecule has 0 aliphatic heterocycles. The summed E-state index contributed by atoms with van der Waals surface area (Å²) in [6.45, 7) is 6.70. The van der Waals surface area contributed by atoms with E-state index in [9.17, 15) is 0 Å². The first-order valence-electron chi connectivity index (χ1n) is 5.49. The lowest BCUT2D eigenvalue weighted by molar-refractivity contribution is 0.0727. The molecule has 4 nitrogen and oxygen atoms in total. The molecule has 1 rings (SSSR count). The van der Waals surface area contributed by atoms with Crippen molar-refractivity contribution in [1.29, 1.82) is 0 Å². The van der Waals surface area contributed by atoms with Crippen LogP contribution >= 0.6 is 0 Å². The standard InChI is InChI=1S/C11H21N3O/c1-10(2)15-7-6-14-8-11(13-9-14)4-5-12-3/h8-10,12H,4-7H2,1-3H3. The summed E-state index contributed by atoms with van der Waals surface area (Å²) in [5, 5.41) is 3.11. The quantitative estimate of drug-likeness (QED) is 0.733. The molecule has 0 saturated heterocycles. The molecule has 1 aromatic rings. The molecule has 4 heteroatoms. The molecular weight excluding hydrogens is 190 g/mol. The minimum Gasteiger partial charge on any atom is -0.377 e. The monoisotopic (exact) mass is 211 g/mol. The summed E-state index contributed by atoms with van der Waals surface area (Å²) in [4.78, 5) is 4.32. The van der Waals surface area contributed by atoms with E-state index in [1.807, 2.05) is 27.2 Å². The molecule has 0 aliphatic rings. The van der Waals surface area contributed by atoms with Crippen molar-refractivity contribution in [2.24, 2.45) is 0 Å². The number of rotatable bonds is 7. The topological polar surface area (TPSA) is 39.1 Å². The van der Waals surface area contributed by atoms with Crippen LogP contribution in [0.1, 0.15) is 19.5 Å². The van der Waals surface area contributed by atoms with Gasteiger partial charge in [-0.15, -0.1) is 0 Å². The number of aromatic nitrogens is 2. The van der Waals surface area contributed by atoms with Gasteiger partial charge >= 0.3 is 0 Å². The van der Waals surface area contributed by atoms with Crippen LogP contribution in [0.4, 0.5) is 0 Å². The highest BCUT2D eigenvalue weighted by molar-refractivity contribution is 4.97. The lowest BCUT2D eigenvalue weighted by atomic mass is 10.3. The maximum absolute atomic E-state index is 5.48. The lowest BCUT2D eigenvalue weighted by Crippen LogP contribution is -2.11. The first-order valence-corrected chi connectivity index (χ1v) is 5.49. The smallest absolute Gasteiger partial charge is 0.0950 e. The number of nitrogens with zero attached hydrogens (tertiary/aromatic N) is 2. The van der Waals surface area contributed by atoms with E-state index in [2.05, 4.69) is 21.1 Å². The number of ether oxygens (including phenoxy) is 1. The molecule has 1 N–H and O–H groups in total. The molecule has 1 heterocycles. The van der Waals surface area contributed by atoms with Crippen LogP contribution in [0, 0.1) is 0 Å². The van der Waals surface area contributed by atoms with E-state index in [0.29, 0.717) is 6.10 Å². The van der Waals surface area contributed by atoms with E-state index >= 15 is 0 Å². The van der Waals surface area contributed by atoms with E-state index in [1.54, 1.807) is 0 Å². The Bertz CT molecular complexity index is 271. The van der Waals surface area contributed by atoms with Gasteiger partial charge in [-0.05, 0) is 20.9 Å². The average molecular weight is 211 g/mol. The van der Waals surface area contributed by atoms with E-state index in [0.717, 1.165) is 31.8 Å². The Labute approximate surface area is 91.7 Å². The number of hydrogen-bond acceptors (Lipinski definition) is 3. The van der Waals surface area contributed by atoms with Crippen molar-refractivity contribution in [2.75, 3.05) is 20.2 Å². The Kier molecular flexibility index (Phi) is 5.36. The Hall–Kier alpha value is -0.870. The molecule has 15 heavy (non-hydrogen) atoms. The van der Waals surface area contributed by atoms with Gasteiger partial charge in [0.05, 0.1) is 24.7 Å². The van der Waals surface area contributed by atoms with E-state index in [-0.39, 0.29) is 0 Å². The van der Waals surface area contributed by atoms with Crippen LogP contribution in [0.25, 0.3) is 0 Å². The van der Waals surface area contributed by atoms with Crippen molar-refractivity contribution in [3.8, 4) is 0 Å². The number of imidazole rings is 1. The zero-order chi connectivity index (χ0) is 11.1. The van der Waals surface area contributed by atoms with Crippen molar-refractivity contribution in [3.05, 3.63) is 18.2 Å². The van der Waals surface area contributed by atoms with E-state index in [1.165, 1.54) is 0 Å². The zero-order valence-corrected chi connectivity index (χ0v) is 9.86. The third-order valence-electron chi connectivity index (χ3n) is 2.12. The molecule has 0 radical (unpaired) electrons. The van der Waals surface area contributed by atoms with Crippen LogP contribution in [-0.2, 0) is 17.7 Å². The highest BCUT2D eigenvalue weighted by Crippen LogP contribution is 1.97.